The summed E-state index contributed by atoms with van der Waals surface area (Å²) in [7, 11) is -24.0. The van der Waals surface area contributed by atoms with Crippen LogP contribution in [0.4, 0.5) is 69.1 Å². The van der Waals surface area contributed by atoms with Crippen molar-refractivity contribution in [3.63, 3.8) is 0 Å². The van der Waals surface area contributed by atoms with Gasteiger partial charge in [-0.05, 0) is 25.7 Å². The molecule has 1 aliphatic rings. The molecule has 0 saturated carbocycles. The van der Waals surface area contributed by atoms with Crippen molar-refractivity contribution in [1.29, 1.82) is 10.5 Å². The minimum atomic E-state index is -6.00. The van der Waals surface area contributed by atoms with Gasteiger partial charge in [-0.1, -0.05) is 24.3 Å². The Labute approximate surface area is 204 Å². The van der Waals surface area contributed by atoms with E-state index in [2.05, 4.69) is 24.3 Å². The van der Waals surface area contributed by atoms with Crippen LogP contribution in [0.1, 0.15) is 39.5 Å². The molecule has 0 atom stereocenters. The quantitative estimate of drug-likeness (QED) is 0.151. The first-order chi connectivity index (χ1) is 14.8. The number of rotatable bonds is 0. The fraction of sp³-hybridized carbons (Fsp3) is 0.500. The predicted molar refractivity (Wildman–Crippen MR) is 100 cm³/mol. The Morgan fingerprint density at radius 1 is 0.429 bits per heavy atom. The van der Waals surface area contributed by atoms with E-state index in [-0.39, 0.29) is 19.5 Å². The van der Waals surface area contributed by atoms with Gasteiger partial charge in [0.1, 0.15) is 0 Å². The van der Waals surface area contributed by atoms with E-state index >= 15 is 0 Å². The Morgan fingerprint density at radius 3 is 0.543 bits per heavy atom. The number of allylic oxidation sites excluding steroid dienone is 4. The van der Waals surface area contributed by atoms with Gasteiger partial charge in [-0.2, -0.15) is 10.5 Å². The fourth-order valence-electron chi connectivity index (χ4n) is 0.856. The zero-order valence-electron chi connectivity index (χ0n) is 17.7. The molecule has 0 aromatic carbocycles. The average molecular weight is 640 g/mol. The Kier molecular flexibility index (Phi) is 43.4. The third-order valence-corrected chi connectivity index (χ3v) is 1.33. The minimum absolute atomic E-state index is 0. The van der Waals surface area contributed by atoms with Crippen molar-refractivity contribution in [3.8, 4) is 12.1 Å². The summed E-state index contributed by atoms with van der Waals surface area (Å²) < 4.78 is 156. The fourth-order valence-corrected chi connectivity index (χ4v) is 0.856. The molecule has 0 aromatic heterocycles. The Morgan fingerprint density at radius 2 is 0.486 bits per heavy atom. The van der Waals surface area contributed by atoms with Crippen molar-refractivity contribution >= 4 is 29.0 Å². The maximum absolute atomic E-state index is 9.75. The van der Waals surface area contributed by atoms with E-state index < -0.39 is 29.0 Å². The molecule has 209 valence electrons. The zero-order valence-corrected chi connectivity index (χ0v) is 19.4. The Hall–Kier alpha value is -1.78. The number of nitriles is 2. The molecule has 0 amide bonds. The SMILES string of the molecule is C1=C\CC/C=C\CC/1.CC#N.CC#N.F[B-](F)(F)F.F[B-](F)(F)F.F[B-](F)(F)F.F[B-](F)(F)F.[Rh+4]. The molecule has 23 heteroatoms. The van der Waals surface area contributed by atoms with E-state index in [1.165, 1.54) is 39.5 Å². The predicted octanol–water partition coefficient (Wildman–Crippen LogP) is 8.93. The molecule has 1 aliphatic carbocycles. The molecule has 1 radical (unpaired) electrons. The van der Waals surface area contributed by atoms with Crippen LogP contribution in [0.2, 0.25) is 0 Å². The summed E-state index contributed by atoms with van der Waals surface area (Å²) in [6.07, 6.45) is 14.0. The summed E-state index contributed by atoms with van der Waals surface area (Å²) in [5.74, 6) is 0. The molecular weight excluding hydrogens is 622 g/mol. The number of halogens is 16. The summed E-state index contributed by atoms with van der Waals surface area (Å²) in [5.41, 5.74) is 0. The van der Waals surface area contributed by atoms with Gasteiger partial charge in [0.25, 0.3) is 0 Å². The largest absolute Gasteiger partial charge is 4.00 e. The van der Waals surface area contributed by atoms with Crippen molar-refractivity contribution in [3.05, 3.63) is 24.3 Å². The number of nitrogens with zero attached hydrogens (tertiary/aromatic N) is 2. The monoisotopic (exact) mass is 641 g/mol. The van der Waals surface area contributed by atoms with Crippen molar-refractivity contribution in [2.45, 2.75) is 39.5 Å². The van der Waals surface area contributed by atoms with Crippen LogP contribution in [-0.2, 0) is 19.5 Å². The van der Waals surface area contributed by atoms with E-state index in [4.69, 9.17) is 10.5 Å². The maximum atomic E-state index is 9.75. The molecule has 0 aliphatic heterocycles. The summed E-state index contributed by atoms with van der Waals surface area (Å²) in [4.78, 5) is 0. The van der Waals surface area contributed by atoms with Gasteiger partial charge in [0, 0.05) is 13.8 Å². The van der Waals surface area contributed by atoms with Crippen LogP contribution in [0, 0.1) is 22.7 Å². The standard InChI is InChI=1S/C8H12.2C2H3N.4BF4.Rh/c1-2-4-6-8-7-5-3-1;2*1-2-3;4*2-1(3,4)5;/h1-2,7-8H,3-6H2;2*1H3;;;;;/q;;;4*-1;+4/b2-1-,8-7-;;;;;;;. The van der Waals surface area contributed by atoms with Gasteiger partial charge in [-0.15, -0.1) is 0 Å². The summed E-state index contributed by atoms with van der Waals surface area (Å²) >= 11 is 0. The van der Waals surface area contributed by atoms with Gasteiger partial charge < -0.3 is 69.1 Å². The van der Waals surface area contributed by atoms with E-state index in [9.17, 15) is 69.1 Å². The van der Waals surface area contributed by atoms with Gasteiger partial charge in [-0.3, -0.25) is 0 Å². The van der Waals surface area contributed by atoms with Gasteiger partial charge in [0.15, 0.2) is 0 Å². The van der Waals surface area contributed by atoms with Crippen molar-refractivity contribution in [2.24, 2.45) is 0 Å². The molecule has 0 aromatic rings. The van der Waals surface area contributed by atoms with E-state index in [1.54, 1.807) is 12.1 Å². The van der Waals surface area contributed by atoms with Crippen molar-refractivity contribution < 1.29 is 88.5 Å². The van der Waals surface area contributed by atoms with Crippen molar-refractivity contribution in [1.82, 2.24) is 0 Å². The van der Waals surface area contributed by atoms with Gasteiger partial charge in [0.2, 0.25) is 0 Å². The Bertz CT molecular complexity index is 452. The number of hydrogen-bond donors (Lipinski definition) is 0. The third-order valence-electron chi connectivity index (χ3n) is 1.33. The van der Waals surface area contributed by atoms with Crippen LogP contribution < -0.4 is 0 Å². The normalized spacial score (nSPS) is 13.7. The molecular formula is C12H18B4F16N2Rh. The molecule has 35 heavy (non-hydrogen) atoms. The first-order valence-electron chi connectivity index (χ1n) is 8.24. The molecule has 1 rings (SSSR count). The number of hydrogen-bond acceptors (Lipinski definition) is 2. The van der Waals surface area contributed by atoms with E-state index in [0.29, 0.717) is 0 Å². The molecule has 0 N–H and O–H groups in total. The molecule has 0 saturated heterocycles. The molecule has 2 nitrogen and oxygen atoms in total. The Balaban J connectivity index is -0.0000000535. The van der Waals surface area contributed by atoms with Crippen LogP contribution >= 0.6 is 0 Å². The topological polar surface area (TPSA) is 47.6 Å². The van der Waals surface area contributed by atoms with E-state index in [1.807, 2.05) is 0 Å². The third kappa shape index (κ3) is 760. The molecule has 0 fully saturated rings. The first-order valence-corrected chi connectivity index (χ1v) is 8.24. The van der Waals surface area contributed by atoms with E-state index in [0.717, 1.165) is 0 Å². The van der Waals surface area contributed by atoms with Gasteiger partial charge in [-0.25, -0.2) is 0 Å². The van der Waals surface area contributed by atoms with Crippen LogP contribution in [0.15, 0.2) is 24.3 Å². The van der Waals surface area contributed by atoms with Crippen LogP contribution in [0.25, 0.3) is 0 Å². The molecule has 0 unspecified atom stereocenters. The van der Waals surface area contributed by atoms with Gasteiger partial charge in [0.05, 0.1) is 12.1 Å². The van der Waals surface area contributed by atoms with Crippen molar-refractivity contribution in [2.75, 3.05) is 0 Å². The van der Waals surface area contributed by atoms with Crippen LogP contribution in [0.3, 0.4) is 0 Å². The van der Waals surface area contributed by atoms with Crippen LogP contribution in [-0.4, -0.2) is 29.0 Å². The summed E-state index contributed by atoms with van der Waals surface area (Å²) in [6.45, 7) is 2.86. The zero-order chi connectivity index (χ0) is 29.1. The smallest absolute Gasteiger partial charge is 0.418 e. The van der Waals surface area contributed by atoms with Crippen LogP contribution in [0.5, 0.6) is 0 Å². The summed E-state index contributed by atoms with van der Waals surface area (Å²) in [5, 5.41) is 14.6. The molecule has 0 heterocycles. The average Bonchev–Trinajstić information content (AvgIpc) is 2.40. The first kappa shape index (κ1) is 50.2. The molecule has 0 spiro atoms. The molecule has 0 bridgehead atoms. The second kappa shape index (κ2) is 30.3. The second-order valence-corrected chi connectivity index (χ2v) is 4.52. The second-order valence-electron chi connectivity index (χ2n) is 4.52. The van der Waals surface area contributed by atoms with Gasteiger partial charge >= 0.3 is 48.5 Å². The summed E-state index contributed by atoms with van der Waals surface area (Å²) in [6, 6.07) is 3.50. The minimum Gasteiger partial charge on any atom is -0.418 e. The maximum Gasteiger partial charge on any atom is 4.00 e.